The van der Waals surface area contributed by atoms with Crippen LogP contribution in [0.1, 0.15) is 16.7 Å². The van der Waals surface area contributed by atoms with Gasteiger partial charge < -0.3 is 9.47 Å². The van der Waals surface area contributed by atoms with Gasteiger partial charge in [0.1, 0.15) is 0 Å². The summed E-state index contributed by atoms with van der Waals surface area (Å²) in [5.41, 5.74) is 2.81. The average molecular weight is 486 g/mol. The van der Waals surface area contributed by atoms with Crippen LogP contribution in [0.2, 0.25) is 0 Å². The summed E-state index contributed by atoms with van der Waals surface area (Å²) in [5.74, 6) is 2.22. The minimum atomic E-state index is -4.36. The van der Waals surface area contributed by atoms with Crippen molar-refractivity contribution in [2.24, 2.45) is 0 Å². The van der Waals surface area contributed by atoms with Gasteiger partial charge >= 0.3 is 6.18 Å². The van der Waals surface area contributed by atoms with Gasteiger partial charge in [0.2, 0.25) is 0 Å². The summed E-state index contributed by atoms with van der Waals surface area (Å²) in [4.78, 5) is 0. The minimum Gasteiger partial charge on any atom is -0.493 e. The van der Waals surface area contributed by atoms with Crippen LogP contribution in [0.15, 0.2) is 71.9 Å². The van der Waals surface area contributed by atoms with E-state index in [0.29, 0.717) is 28.2 Å². The number of benzene rings is 3. The summed E-state index contributed by atoms with van der Waals surface area (Å²) in [6.45, 7) is 2.00. The molecule has 34 heavy (non-hydrogen) atoms. The van der Waals surface area contributed by atoms with Crippen LogP contribution in [0.5, 0.6) is 11.5 Å². The van der Waals surface area contributed by atoms with Gasteiger partial charge in [0.25, 0.3) is 0 Å². The Morgan fingerprint density at radius 3 is 2.24 bits per heavy atom. The van der Waals surface area contributed by atoms with Gasteiger partial charge in [-0.15, -0.1) is 10.2 Å². The normalized spacial score (nSPS) is 11.5. The summed E-state index contributed by atoms with van der Waals surface area (Å²) >= 11 is 1.40. The third-order valence-electron chi connectivity index (χ3n) is 5.28. The Bertz CT molecular complexity index is 1290. The molecule has 4 aromatic rings. The zero-order chi connectivity index (χ0) is 24.3. The Morgan fingerprint density at radius 1 is 0.882 bits per heavy atom. The van der Waals surface area contributed by atoms with Crippen molar-refractivity contribution >= 4 is 11.8 Å². The second-order valence-electron chi connectivity index (χ2n) is 7.48. The summed E-state index contributed by atoms with van der Waals surface area (Å²) in [7, 11) is 3.14. The van der Waals surface area contributed by atoms with Gasteiger partial charge in [0.15, 0.2) is 22.5 Å². The third kappa shape index (κ3) is 4.89. The first-order valence-corrected chi connectivity index (χ1v) is 11.3. The van der Waals surface area contributed by atoms with Gasteiger partial charge in [0.05, 0.1) is 25.5 Å². The molecule has 5 nitrogen and oxygen atoms in total. The zero-order valence-electron chi connectivity index (χ0n) is 18.8. The number of hydrogen-bond acceptors (Lipinski definition) is 5. The van der Waals surface area contributed by atoms with Gasteiger partial charge in [-0.25, -0.2) is 0 Å². The number of alkyl halides is 3. The van der Waals surface area contributed by atoms with Crippen molar-refractivity contribution in [3.8, 4) is 28.6 Å². The lowest BCUT2D eigenvalue weighted by molar-refractivity contribution is -0.137. The van der Waals surface area contributed by atoms with Gasteiger partial charge in [-0.05, 0) is 54.4 Å². The summed E-state index contributed by atoms with van der Waals surface area (Å²) in [6.07, 6.45) is -4.36. The van der Waals surface area contributed by atoms with Crippen LogP contribution in [-0.4, -0.2) is 29.0 Å². The molecule has 0 saturated carbocycles. The molecule has 0 amide bonds. The molecule has 0 unspecified atom stereocenters. The van der Waals surface area contributed by atoms with Crippen LogP contribution in [-0.2, 0) is 11.9 Å². The number of para-hydroxylation sites is 1. The summed E-state index contributed by atoms with van der Waals surface area (Å²) < 4.78 is 51.3. The maximum Gasteiger partial charge on any atom is 0.416 e. The van der Waals surface area contributed by atoms with Crippen molar-refractivity contribution in [1.29, 1.82) is 0 Å². The molecular weight excluding hydrogens is 463 g/mol. The fourth-order valence-corrected chi connectivity index (χ4v) is 4.40. The van der Waals surface area contributed by atoms with Gasteiger partial charge in [0, 0.05) is 11.3 Å². The van der Waals surface area contributed by atoms with Crippen LogP contribution in [0.4, 0.5) is 13.2 Å². The predicted molar refractivity (Wildman–Crippen MR) is 126 cm³/mol. The fraction of sp³-hybridized carbons (Fsp3) is 0.200. The molecule has 3 aromatic carbocycles. The second-order valence-corrected chi connectivity index (χ2v) is 8.42. The first-order chi connectivity index (χ1) is 16.3. The van der Waals surface area contributed by atoms with E-state index in [0.717, 1.165) is 34.5 Å². The number of rotatable bonds is 7. The Kier molecular flexibility index (Phi) is 6.83. The van der Waals surface area contributed by atoms with Crippen molar-refractivity contribution in [2.45, 2.75) is 24.0 Å². The summed E-state index contributed by atoms with van der Waals surface area (Å²) in [5, 5.41) is 9.47. The third-order valence-corrected chi connectivity index (χ3v) is 6.28. The number of ether oxygens (including phenoxy) is 2. The number of aromatic nitrogens is 3. The predicted octanol–water partition coefficient (Wildman–Crippen LogP) is 6.57. The van der Waals surface area contributed by atoms with Gasteiger partial charge in [-0.2, -0.15) is 13.2 Å². The topological polar surface area (TPSA) is 49.2 Å². The first kappa shape index (κ1) is 23.7. The Labute approximate surface area is 199 Å². The Morgan fingerprint density at radius 2 is 1.59 bits per heavy atom. The molecule has 0 N–H and O–H groups in total. The number of thioether (sulfide) groups is 1. The van der Waals surface area contributed by atoms with Crippen LogP contribution in [0.3, 0.4) is 0 Å². The molecule has 1 aromatic heterocycles. The second kappa shape index (κ2) is 9.80. The SMILES string of the molecule is COc1ccc(-c2nnc(SCc3ccc(C(F)(F)F)cc3)n2-c2ccccc2C)cc1OC. The Hall–Kier alpha value is -3.46. The molecule has 176 valence electrons. The monoisotopic (exact) mass is 485 g/mol. The number of aryl methyl sites for hydroxylation is 1. The van der Waals surface area contributed by atoms with E-state index in [1.807, 2.05) is 47.9 Å². The van der Waals surface area contributed by atoms with Crippen molar-refractivity contribution in [2.75, 3.05) is 14.2 Å². The van der Waals surface area contributed by atoms with Gasteiger partial charge in [-0.3, -0.25) is 4.57 Å². The highest BCUT2D eigenvalue weighted by atomic mass is 32.2. The minimum absolute atomic E-state index is 0.439. The maximum atomic E-state index is 12.9. The summed E-state index contributed by atoms with van der Waals surface area (Å²) in [6, 6.07) is 18.5. The van der Waals surface area contributed by atoms with Crippen LogP contribution in [0, 0.1) is 6.92 Å². The van der Waals surface area contributed by atoms with E-state index in [1.54, 1.807) is 20.3 Å². The molecule has 0 fully saturated rings. The maximum absolute atomic E-state index is 12.9. The van der Waals surface area contributed by atoms with Gasteiger partial charge in [-0.1, -0.05) is 42.1 Å². The van der Waals surface area contributed by atoms with Crippen LogP contribution in [0.25, 0.3) is 17.1 Å². The average Bonchev–Trinajstić information content (AvgIpc) is 3.26. The first-order valence-electron chi connectivity index (χ1n) is 10.3. The lowest BCUT2D eigenvalue weighted by Crippen LogP contribution is -2.04. The van der Waals surface area contributed by atoms with E-state index in [-0.39, 0.29) is 0 Å². The van der Waals surface area contributed by atoms with Crippen LogP contribution >= 0.6 is 11.8 Å². The largest absolute Gasteiger partial charge is 0.493 e. The Balaban J connectivity index is 1.71. The van der Waals surface area contributed by atoms with E-state index < -0.39 is 11.7 Å². The quantitative estimate of drug-likeness (QED) is 0.277. The van der Waals surface area contributed by atoms with Crippen molar-refractivity contribution in [3.05, 3.63) is 83.4 Å². The molecule has 9 heteroatoms. The molecule has 0 spiro atoms. The lowest BCUT2D eigenvalue weighted by Gasteiger charge is -2.14. The van der Waals surface area contributed by atoms with Crippen molar-refractivity contribution in [1.82, 2.24) is 14.8 Å². The van der Waals surface area contributed by atoms with E-state index >= 15 is 0 Å². The standard InChI is InChI=1S/C25H22F3N3O2S/c1-16-6-4-5-7-20(16)31-23(18-10-13-21(32-2)22(14-18)33-3)29-30-24(31)34-15-17-8-11-19(12-9-17)25(26,27)28/h4-14H,15H2,1-3H3. The highest BCUT2D eigenvalue weighted by molar-refractivity contribution is 7.98. The molecule has 0 bridgehead atoms. The zero-order valence-corrected chi connectivity index (χ0v) is 19.6. The van der Waals surface area contributed by atoms with Crippen molar-refractivity contribution in [3.63, 3.8) is 0 Å². The van der Waals surface area contributed by atoms with E-state index in [9.17, 15) is 13.2 Å². The molecule has 0 atom stereocenters. The molecule has 0 aliphatic rings. The lowest BCUT2D eigenvalue weighted by atomic mass is 10.1. The molecule has 0 aliphatic heterocycles. The highest BCUT2D eigenvalue weighted by Gasteiger charge is 2.30. The fourth-order valence-electron chi connectivity index (χ4n) is 3.50. The van der Waals surface area contributed by atoms with E-state index in [2.05, 4.69) is 10.2 Å². The van der Waals surface area contributed by atoms with E-state index in [4.69, 9.17) is 9.47 Å². The van der Waals surface area contributed by atoms with E-state index in [1.165, 1.54) is 23.9 Å². The molecule has 4 rings (SSSR count). The van der Waals surface area contributed by atoms with Crippen molar-refractivity contribution < 1.29 is 22.6 Å². The molecule has 0 saturated heterocycles. The number of halogens is 3. The van der Waals surface area contributed by atoms with Crippen LogP contribution < -0.4 is 9.47 Å². The number of hydrogen-bond donors (Lipinski definition) is 0. The molecule has 0 radical (unpaired) electrons. The number of methoxy groups -OCH3 is 2. The smallest absolute Gasteiger partial charge is 0.416 e. The molecule has 0 aliphatic carbocycles. The molecule has 1 heterocycles. The highest BCUT2D eigenvalue weighted by Crippen LogP contribution is 2.36. The number of nitrogens with zero attached hydrogens (tertiary/aromatic N) is 3. The molecular formula is C25H22F3N3O2S.